The predicted octanol–water partition coefficient (Wildman–Crippen LogP) is 2.89. The Bertz CT molecular complexity index is 817. The summed E-state index contributed by atoms with van der Waals surface area (Å²) in [6, 6.07) is 9.43. The van der Waals surface area contributed by atoms with Crippen LogP contribution in [0.15, 0.2) is 72.4 Å². The van der Waals surface area contributed by atoms with Gasteiger partial charge in [-0.2, -0.15) is 0 Å². The summed E-state index contributed by atoms with van der Waals surface area (Å²) in [4.78, 5) is 38.1. The molecule has 0 aliphatic rings. The lowest BCUT2D eigenvalue weighted by Crippen LogP contribution is -2.35. The number of rotatable bonds is 9. The molecule has 27 heavy (non-hydrogen) atoms. The van der Waals surface area contributed by atoms with Crippen LogP contribution >= 0.6 is 0 Å². The molecule has 0 saturated heterocycles. The van der Waals surface area contributed by atoms with Crippen LogP contribution in [0.4, 0.5) is 5.69 Å². The van der Waals surface area contributed by atoms with Crippen LogP contribution in [0.1, 0.15) is 20.9 Å². The smallest absolute Gasteiger partial charge is 0.340 e. The molecule has 2 amide bonds. The number of hydrogen-bond donors (Lipinski definition) is 1. The molecule has 7 heteroatoms. The third-order valence-corrected chi connectivity index (χ3v) is 3.52. The summed E-state index contributed by atoms with van der Waals surface area (Å²) >= 11 is 0. The number of furan rings is 1. The van der Waals surface area contributed by atoms with E-state index in [1.807, 2.05) is 0 Å². The maximum Gasteiger partial charge on any atom is 0.340 e. The molecule has 0 aliphatic carbocycles. The van der Waals surface area contributed by atoms with Crippen LogP contribution in [0.3, 0.4) is 0 Å². The van der Waals surface area contributed by atoms with E-state index in [1.165, 1.54) is 23.3 Å². The van der Waals surface area contributed by atoms with Gasteiger partial charge in [-0.1, -0.05) is 24.3 Å². The lowest BCUT2D eigenvalue weighted by molar-refractivity contribution is -0.133. The van der Waals surface area contributed by atoms with E-state index in [9.17, 15) is 14.4 Å². The average Bonchev–Trinajstić information content (AvgIpc) is 3.21. The van der Waals surface area contributed by atoms with Gasteiger partial charge in [0, 0.05) is 13.1 Å². The van der Waals surface area contributed by atoms with Crippen molar-refractivity contribution in [2.45, 2.75) is 0 Å². The van der Waals surface area contributed by atoms with Gasteiger partial charge >= 0.3 is 5.97 Å². The average molecular weight is 368 g/mol. The quantitative estimate of drug-likeness (QED) is 0.543. The minimum atomic E-state index is -0.726. The summed E-state index contributed by atoms with van der Waals surface area (Å²) in [7, 11) is 0. The standard InChI is InChI=1S/C20H20N2O5/c1-3-11-22(12-4-2)18(23)14-27-20(25)15-8-5-6-9-16(15)21-19(24)17-10-7-13-26-17/h3-10,13H,1-2,11-12,14H2,(H,21,24). The second-order valence-electron chi connectivity index (χ2n) is 5.43. The van der Waals surface area contributed by atoms with E-state index in [1.54, 1.807) is 36.4 Å². The van der Waals surface area contributed by atoms with Crippen LogP contribution in [0.5, 0.6) is 0 Å². The first kappa shape index (κ1) is 19.7. The van der Waals surface area contributed by atoms with Crippen LogP contribution in [0.2, 0.25) is 0 Å². The number of esters is 1. The fourth-order valence-corrected chi connectivity index (χ4v) is 2.25. The van der Waals surface area contributed by atoms with E-state index in [2.05, 4.69) is 18.5 Å². The maximum atomic E-state index is 12.4. The van der Waals surface area contributed by atoms with Crippen molar-refractivity contribution >= 4 is 23.5 Å². The largest absolute Gasteiger partial charge is 0.459 e. The fraction of sp³-hybridized carbons (Fsp3) is 0.150. The second-order valence-corrected chi connectivity index (χ2v) is 5.43. The Morgan fingerprint density at radius 2 is 1.78 bits per heavy atom. The molecule has 0 atom stereocenters. The topological polar surface area (TPSA) is 88.9 Å². The Morgan fingerprint density at radius 1 is 1.07 bits per heavy atom. The Labute approximate surface area is 156 Å². The van der Waals surface area contributed by atoms with Gasteiger partial charge in [0.15, 0.2) is 12.4 Å². The van der Waals surface area contributed by atoms with Gasteiger partial charge in [0.05, 0.1) is 17.5 Å². The summed E-state index contributed by atoms with van der Waals surface area (Å²) in [5.41, 5.74) is 0.384. The summed E-state index contributed by atoms with van der Waals surface area (Å²) < 4.78 is 10.1. The monoisotopic (exact) mass is 368 g/mol. The van der Waals surface area contributed by atoms with Gasteiger partial charge in [0.2, 0.25) is 0 Å². The highest BCUT2D eigenvalue weighted by Gasteiger charge is 2.19. The van der Waals surface area contributed by atoms with Gasteiger partial charge in [-0.3, -0.25) is 9.59 Å². The zero-order valence-electron chi connectivity index (χ0n) is 14.7. The molecule has 140 valence electrons. The van der Waals surface area contributed by atoms with Crippen molar-refractivity contribution in [2.75, 3.05) is 25.0 Å². The molecular formula is C20H20N2O5. The minimum absolute atomic E-state index is 0.109. The molecule has 2 rings (SSSR count). The number of nitrogens with one attached hydrogen (secondary N) is 1. The van der Waals surface area contributed by atoms with E-state index in [0.29, 0.717) is 13.1 Å². The summed E-state index contributed by atoms with van der Waals surface area (Å²) in [5.74, 6) is -1.49. The third-order valence-electron chi connectivity index (χ3n) is 3.52. The molecule has 7 nitrogen and oxygen atoms in total. The van der Waals surface area contributed by atoms with Crippen molar-refractivity contribution in [3.8, 4) is 0 Å². The number of hydrogen-bond acceptors (Lipinski definition) is 5. The first-order valence-electron chi connectivity index (χ1n) is 8.17. The summed E-state index contributed by atoms with van der Waals surface area (Å²) in [6.45, 7) is 7.37. The summed E-state index contributed by atoms with van der Waals surface area (Å²) in [6.07, 6.45) is 4.52. The number of amides is 2. The van der Waals surface area contributed by atoms with Gasteiger partial charge in [-0.25, -0.2) is 4.79 Å². The van der Waals surface area contributed by atoms with Crippen molar-refractivity contribution in [1.82, 2.24) is 4.90 Å². The molecule has 1 N–H and O–H groups in total. The molecule has 1 aromatic heterocycles. The van der Waals surface area contributed by atoms with Gasteiger partial charge in [0.25, 0.3) is 11.8 Å². The lowest BCUT2D eigenvalue weighted by atomic mass is 10.1. The van der Waals surface area contributed by atoms with Gasteiger partial charge in [0.1, 0.15) is 0 Å². The van der Waals surface area contributed by atoms with Crippen molar-refractivity contribution in [2.24, 2.45) is 0 Å². The van der Waals surface area contributed by atoms with Crippen LogP contribution < -0.4 is 5.32 Å². The third kappa shape index (κ3) is 5.43. The Kier molecular flexibility index (Phi) is 7.13. The molecule has 1 aromatic carbocycles. The van der Waals surface area contributed by atoms with Crippen molar-refractivity contribution in [1.29, 1.82) is 0 Å². The zero-order chi connectivity index (χ0) is 19.6. The van der Waals surface area contributed by atoms with E-state index in [4.69, 9.17) is 9.15 Å². The van der Waals surface area contributed by atoms with Crippen molar-refractivity contribution < 1.29 is 23.5 Å². The Balaban J connectivity index is 2.04. The first-order chi connectivity index (χ1) is 13.1. The minimum Gasteiger partial charge on any atom is -0.459 e. The highest BCUT2D eigenvalue weighted by atomic mass is 16.5. The Hall–Kier alpha value is -3.61. The van der Waals surface area contributed by atoms with E-state index in [0.717, 1.165) is 0 Å². The fourth-order valence-electron chi connectivity index (χ4n) is 2.25. The number of anilines is 1. The van der Waals surface area contributed by atoms with E-state index < -0.39 is 18.5 Å². The van der Waals surface area contributed by atoms with Gasteiger partial charge in [-0.05, 0) is 24.3 Å². The van der Waals surface area contributed by atoms with E-state index in [-0.39, 0.29) is 22.9 Å². The lowest BCUT2D eigenvalue weighted by Gasteiger charge is -2.19. The second kappa shape index (κ2) is 9.76. The molecule has 0 bridgehead atoms. The summed E-state index contributed by atoms with van der Waals surface area (Å²) in [5, 5.41) is 2.59. The van der Waals surface area contributed by atoms with Crippen molar-refractivity contribution in [3.05, 3.63) is 79.3 Å². The van der Waals surface area contributed by atoms with Gasteiger partial charge < -0.3 is 19.4 Å². The van der Waals surface area contributed by atoms with Crippen LogP contribution in [0.25, 0.3) is 0 Å². The predicted molar refractivity (Wildman–Crippen MR) is 100 cm³/mol. The molecule has 0 spiro atoms. The molecule has 0 radical (unpaired) electrons. The Morgan fingerprint density at radius 3 is 2.41 bits per heavy atom. The van der Waals surface area contributed by atoms with E-state index >= 15 is 0 Å². The number of ether oxygens (including phenoxy) is 1. The highest BCUT2D eigenvalue weighted by Crippen LogP contribution is 2.17. The number of nitrogens with zero attached hydrogens (tertiary/aromatic N) is 1. The number of carbonyl (C=O) groups is 3. The van der Waals surface area contributed by atoms with Gasteiger partial charge in [-0.15, -0.1) is 13.2 Å². The van der Waals surface area contributed by atoms with Crippen molar-refractivity contribution in [3.63, 3.8) is 0 Å². The molecule has 0 fully saturated rings. The van der Waals surface area contributed by atoms with Crippen LogP contribution in [-0.4, -0.2) is 42.4 Å². The number of para-hydroxylation sites is 1. The van der Waals surface area contributed by atoms with Crippen LogP contribution in [0, 0.1) is 0 Å². The SMILES string of the molecule is C=CCN(CC=C)C(=O)COC(=O)c1ccccc1NC(=O)c1ccco1. The molecule has 0 unspecified atom stereocenters. The molecular weight excluding hydrogens is 348 g/mol. The molecule has 1 heterocycles. The highest BCUT2D eigenvalue weighted by molar-refractivity contribution is 6.06. The number of carbonyl (C=O) groups excluding carboxylic acids is 3. The first-order valence-corrected chi connectivity index (χ1v) is 8.17. The van der Waals surface area contributed by atoms with Crippen LogP contribution in [-0.2, 0) is 9.53 Å². The number of benzene rings is 1. The normalized spacial score (nSPS) is 9.93. The molecule has 2 aromatic rings. The molecule has 0 aliphatic heterocycles. The molecule has 0 saturated carbocycles. The zero-order valence-corrected chi connectivity index (χ0v) is 14.7. The maximum absolute atomic E-state index is 12.4.